The molecule has 0 saturated heterocycles. The summed E-state index contributed by atoms with van der Waals surface area (Å²) in [5.41, 5.74) is 4.13. The van der Waals surface area contributed by atoms with E-state index in [0.717, 1.165) is 16.7 Å². The molecule has 0 unspecified atom stereocenters. The highest BCUT2D eigenvalue weighted by atomic mass is 14.2. The second-order valence-electron chi connectivity index (χ2n) is 3.56. The lowest BCUT2D eigenvalue weighted by molar-refractivity contribution is 0.942. The third-order valence-corrected chi connectivity index (χ3v) is 2.70. The number of hydrogen-bond donors (Lipinski definition) is 0. The number of hydrogen-bond acceptors (Lipinski definition) is 0. The van der Waals surface area contributed by atoms with Gasteiger partial charge in [0.15, 0.2) is 0 Å². The molecular weight excluding hydrogens is 168 g/mol. The van der Waals surface area contributed by atoms with Gasteiger partial charge in [-0.3, -0.25) is 0 Å². The Bertz CT molecular complexity index is 544. The summed E-state index contributed by atoms with van der Waals surface area (Å²) in [6.45, 7) is 0. The normalized spacial score (nSPS) is 18.9. The van der Waals surface area contributed by atoms with Crippen molar-refractivity contribution in [3.8, 4) is 11.1 Å². The van der Waals surface area contributed by atoms with Crippen molar-refractivity contribution in [3.63, 3.8) is 0 Å². The second-order valence-corrected chi connectivity index (χ2v) is 3.56. The van der Waals surface area contributed by atoms with E-state index in [1.54, 1.807) is 0 Å². The molecule has 0 heterocycles. The van der Waals surface area contributed by atoms with Gasteiger partial charge >= 0.3 is 0 Å². The van der Waals surface area contributed by atoms with E-state index >= 15 is 0 Å². The van der Waals surface area contributed by atoms with Crippen molar-refractivity contribution in [1.82, 2.24) is 0 Å². The maximum Gasteiger partial charge on any atom is 0.0320 e. The van der Waals surface area contributed by atoms with Gasteiger partial charge in [-0.15, -0.1) is 0 Å². The average Bonchev–Trinajstić information content (AvgIpc) is 2.29. The van der Waals surface area contributed by atoms with E-state index < -0.39 is 6.37 Å². The molecule has 2 aromatic carbocycles. The Balaban J connectivity index is 2.33. The molecule has 3 rings (SSSR count). The van der Waals surface area contributed by atoms with E-state index in [0.29, 0.717) is 6.42 Å². The SMILES string of the molecule is [2H]C1([2H])Cc2ccccc2-c2ccccc21. The van der Waals surface area contributed by atoms with Gasteiger partial charge in [0.1, 0.15) is 0 Å². The van der Waals surface area contributed by atoms with E-state index in [1.807, 2.05) is 42.5 Å². The smallest absolute Gasteiger partial charge is 0.0320 e. The fraction of sp³-hybridized carbons (Fsp3) is 0.143. The molecule has 0 spiro atoms. The zero-order valence-electron chi connectivity index (χ0n) is 9.83. The van der Waals surface area contributed by atoms with E-state index in [2.05, 4.69) is 6.07 Å². The van der Waals surface area contributed by atoms with Crippen LogP contribution in [0.3, 0.4) is 0 Å². The molecule has 2 aromatic rings. The van der Waals surface area contributed by atoms with E-state index in [4.69, 9.17) is 2.74 Å². The lowest BCUT2D eigenvalue weighted by Crippen LogP contribution is -2.02. The first kappa shape index (κ1) is 6.02. The van der Waals surface area contributed by atoms with Crippen molar-refractivity contribution >= 4 is 0 Å². The Kier molecular flexibility index (Phi) is 1.28. The highest BCUT2D eigenvalue weighted by Gasteiger charge is 2.13. The maximum absolute atomic E-state index is 8.11. The summed E-state index contributed by atoms with van der Waals surface area (Å²) in [5, 5.41) is 0. The quantitative estimate of drug-likeness (QED) is 0.585. The van der Waals surface area contributed by atoms with Crippen molar-refractivity contribution in [2.45, 2.75) is 12.8 Å². The van der Waals surface area contributed by atoms with Crippen LogP contribution < -0.4 is 0 Å². The molecule has 0 amide bonds. The summed E-state index contributed by atoms with van der Waals surface area (Å²) >= 11 is 0. The Morgan fingerprint density at radius 3 is 2.14 bits per heavy atom. The van der Waals surface area contributed by atoms with Crippen molar-refractivity contribution in [1.29, 1.82) is 0 Å². The van der Waals surface area contributed by atoms with Crippen LogP contribution in [-0.4, -0.2) is 0 Å². The molecule has 0 bridgehead atoms. The minimum absolute atomic E-state index is 0.472. The van der Waals surface area contributed by atoms with Crippen LogP contribution in [0.1, 0.15) is 13.9 Å². The first-order valence-corrected chi connectivity index (χ1v) is 4.86. The van der Waals surface area contributed by atoms with Gasteiger partial charge in [0.05, 0.1) is 0 Å². The first-order chi connectivity index (χ1) is 7.68. The van der Waals surface area contributed by atoms with Gasteiger partial charge in [-0.25, -0.2) is 0 Å². The minimum atomic E-state index is -1.25. The molecule has 1 aliphatic carbocycles. The summed E-state index contributed by atoms with van der Waals surface area (Å²) in [6.07, 6.45) is -0.773. The van der Waals surface area contributed by atoms with E-state index in [9.17, 15) is 0 Å². The fourth-order valence-corrected chi connectivity index (χ4v) is 2.00. The first-order valence-electron chi connectivity index (χ1n) is 5.86. The van der Waals surface area contributed by atoms with E-state index in [1.165, 1.54) is 5.56 Å². The molecule has 14 heavy (non-hydrogen) atoms. The highest BCUT2D eigenvalue weighted by molar-refractivity contribution is 5.72. The lowest BCUT2D eigenvalue weighted by atomic mass is 9.86. The second kappa shape index (κ2) is 2.98. The molecule has 0 atom stereocenters. The minimum Gasteiger partial charge on any atom is -0.0620 e. The van der Waals surface area contributed by atoms with Gasteiger partial charge < -0.3 is 0 Å². The zero-order valence-corrected chi connectivity index (χ0v) is 7.83. The lowest BCUT2D eigenvalue weighted by Gasteiger charge is -2.19. The van der Waals surface area contributed by atoms with Crippen molar-refractivity contribution in [3.05, 3.63) is 59.7 Å². The van der Waals surface area contributed by atoms with Crippen molar-refractivity contribution in [2.75, 3.05) is 0 Å². The Labute approximate surface area is 87.0 Å². The molecule has 0 fully saturated rings. The maximum atomic E-state index is 8.11. The Morgan fingerprint density at radius 2 is 1.36 bits per heavy atom. The number of benzene rings is 2. The van der Waals surface area contributed by atoms with Gasteiger partial charge in [-0.05, 0) is 35.0 Å². The molecular formula is C14H12. The van der Waals surface area contributed by atoms with Crippen LogP contribution in [0.4, 0.5) is 0 Å². The zero-order chi connectivity index (χ0) is 11.2. The third kappa shape index (κ3) is 1.07. The van der Waals surface area contributed by atoms with Crippen LogP contribution in [0.15, 0.2) is 48.5 Å². The summed E-state index contributed by atoms with van der Waals surface area (Å²) in [7, 11) is 0. The van der Waals surface area contributed by atoms with Gasteiger partial charge in [-0.1, -0.05) is 48.5 Å². The summed E-state index contributed by atoms with van der Waals surface area (Å²) in [6, 6.07) is 15.9. The van der Waals surface area contributed by atoms with Crippen molar-refractivity contribution < 1.29 is 2.74 Å². The van der Waals surface area contributed by atoms with Gasteiger partial charge in [-0.2, -0.15) is 0 Å². The van der Waals surface area contributed by atoms with Gasteiger partial charge in [0.2, 0.25) is 0 Å². The Morgan fingerprint density at radius 1 is 0.786 bits per heavy atom. The van der Waals surface area contributed by atoms with Gasteiger partial charge in [0.25, 0.3) is 0 Å². The fourth-order valence-electron chi connectivity index (χ4n) is 2.00. The molecule has 0 aromatic heterocycles. The van der Waals surface area contributed by atoms with Crippen LogP contribution in [0.25, 0.3) is 11.1 Å². The molecule has 1 aliphatic rings. The molecule has 68 valence electrons. The largest absolute Gasteiger partial charge is 0.0620 e. The molecule has 0 saturated carbocycles. The number of fused-ring (bicyclic) bond motifs is 3. The molecule has 0 radical (unpaired) electrons. The predicted molar refractivity (Wildman–Crippen MR) is 59.3 cm³/mol. The van der Waals surface area contributed by atoms with E-state index in [-0.39, 0.29) is 0 Å². The van der Waals surface area contributed by atoms with Crippen LogP contribution in [0.5, 0.6) is 0 Å². The topological polar surface area (TPSA) is 0 Å². The van der Waals surface area contributed by atoms with Gasteiger partial charge in [0, 0.05) is 2.74 Å². The third-order valence-electron chi connectivity index (χ3n) is 2.70. The van der Waals surface area contributed by atoms with Crippen LogP contribution in [-0.2, 0) is 12.8 Å². The van der Waals surface area contributed by atoms with Crippen LogP contribution in [0, 0.1) is 0 Å². The standard InChI is InChI=1S/C14H12/c1-3-7-13-11(5-1)9-10-12-6-2-4-8-14(12)13/h1-8H,9-10H2/i9D2. The summed E-state index contributed by atoms with van der Waals surface area (Å²) in [4.78, 5) is 0. The Hall–Kier alpha value is -1.56. The summed E-state index contributed by atoms with van der Waals surface area (Å²) < 4.78 is 16.2. The highest BCUT2D eigenvalue weighted by Crippen LogP contribution is 2.32. The predicted octanol–water partition coefficient (Wildman–Crippen LogP) is 3.45. The monoisotopic (exact) mass is 182 g/mol. The molecule has 0 N–H and O–H groups in total. The average molecular weight is 182 g/mol. The number of rotatable bonds is 0. The van der Waals surface area contributed by atoms with Crippen LogP contribution in [0.2, 0.25) is 0 Å². The summed E-state index contributed by atoms with van der Waals surface area (Å²) in [5.74, 6) is 0. The van der Waals surface area contributed by atoms with Crippen molar-refractivity contribution in [2.24, 2.45) is 0 Å². The molecule has 0 heteroatoms. The number of aryl methyl sites for hydroxylation is 2. The van der Waals surface area contributed by atoms with Crippen LogP contribution >= 0.6 is 0 Å². The molecule has 0 aliphatic heterocycles. The molecule has 0 nitrogen and oxygen atoms in total.